The molecule has 19 heavy (non-hydrogen) atoms. The van der Waals surface area contributed by atoms with Gasteiger partial charge >= 0.3 is 0 Å². The van der Waals surface area contributed by atoms with E-state index in [4.69, 9.17) is 0 Å². The summed E-state index contributed by atoms with van der Waals surface area (Å²) in [7, 11) is 0. The van der Waals surface area contributed by atoms with Gasteiger partial charge in [-0.15, -0.1) is 0 Å². The van der Waals surface area contributed by atoms with E-state index in [0.717, 1.165) is 24.0 Å². The van der Waals surface area contributed by atoms with Gasteiger partial charge in [0.1, 0.15) is 0 Å². The molecule has 2 aromatic carbocycles. The van der Waals surface area contributed by atoms with Crippen molar-refractivity contribution in [2.24, 2.45) is 0 Å². The number of carbonyl (C=O) groups is 1. The van der Waals surface area contributed by atoms with Gasteiger partial charge in [-0.3, -0.25) is 4.79 Å². The van der Waals surface area contributed by atoms with Crippen LogP contribution in [0.4, 0.5) is 0 Å². The number of rotatable bonds is 1. The number of carbonyl (C=O) groups excluding carboxylic acids is 1. The molecule has 0 aliphatic heterocycles. The van der Waals surface area contributed by atoms with Crippen molar-refractivity contribution in [3.05, 3.63) is 70.8 Å². The first-order chi connectivity index (χ1) is 9.11. The van der Waals surface area contributed by atoms with Gasteiger partial charge in [0.25, 0.3) is 0 Å². The van der Waals surface area contributed by atoms with Crippen LogP contribution in [0.2, 0.25) is 0 Å². The van der Waals surface area contributed by atoms with Crippen LogP contribution in [0.15, 0.2) is 48.5 Å². The molecule has 1 atom stereocenters. The van der Waals surface area contributed by atoms with E-state index < -0.39 is 0 Å². The maximum atomic E-state index is 12.8. The molecule has 96 valence electrons. The van der Waals surface area contributed by atoms with E-state index in [9.17, 15) is 4.79 Å². The summed E-state index contributed by atoms with van der Waals surface area (Å²) >= 11 is 0. The van der Waals surface area contributed by atoms with Crippen LogP contribution in [-0.2, 0) is 11.8 Å². The molecule has 0 saturated heterocycles. The lowest BCUT2D eigenvalue weighted by atomic mass is 9.68. The topological polar surface area (TPSA) is 17.1 Å². The Kier molecular flexibility index (Phi) is 2.78. The number of benzene rings is 2. The standard InChI is InChI=1S/C18H18O/c1-13-7-9-15(10-8-13)18(2)12-11-14-5-3-4-6-16(14)17(18)19/h3-10H,11-12H2,1-2H3. The van der Waals surface area contributed by atoms with Gasteiger partial charge in [0.15, 0.2) is 5.78 Å². The second-order valence-electron chi connectivity index (χ2n) is 5.68. The maximum Gasteiger partial charge on any atom is 0.173 e. The van der Waals surface area contributed by atoms with E-state index >= 15 is 0 Å². The molecular weight excluding hydrogens is 232 g/mol. The lowest BCUT2D eigenvalue weighted by Crippen LogP contribution is -2.37. The van der Waals surface area contributed by atoms with Crippen LogP contribution in [0.1, 0.15) is 40.4 Å². The fourth-order valence-corrected chi connectivity index (χ4v) is 2.95. The SMILES string of the molecule is Cc1ccc(C2(C)CCc3ccccc3C2=O)cc1. The predicted octanol–water partition coefficient (Wildman–Crippen LogP) is 4.08. The van der Waals surface area contributed by atoms with Crippen molar-refractivity contribution in [1.29, 1.82) is 0 Å². The summed E-state index contributed by atoms with van der Waals surface area (Å²) in [5, 5.41) is 0. The van der Waals surface area contributed by atoms with E-state index in [0.29, 0.717) is 0 Å². The summed E-state index contributed by atoms with van der Waals surface area (Å²) in [6, 6.07) is 16.4. The molecule has 0 fully saturated rings. The lowest BCUT2D eigenvalue weighted by molar-refractivity contribution is 0.0875. The van der Waals surface area contributed by atoms with Gasteiger partial charge in [0.05, 0.1) is 5.41 Å². The lowest BCUT2D eigenvalue weighted by Gasteiger charge is -2.33. The summed E-state index contributed by atoms with van der Waals surface area (Å²) in [6.45, 7) is 4.15. The third kappa shape index (κ3) is 1.90. The van der Waals surface area contributed by atoms with Crippen molar-refractivity contribution in [2.45, 2.75) is 32.1 Å². The zero-order chi connectivity index (χ0) is 13.5. The largest absolute Gasteiger partial charge is 0.293 e. The Labute approximate surface area is 114 Å². The van der Waals surface area contributed by atoms with Gasteiger partial charge in [0.2, 0.25) is 0 Å². The first-order valence-electron chi connectivity index (χ1n) is 6.81. The average molecular weight is 250 g/mol. The highest BCUT2D eigenvalue weighted by Crippen LogP contribution is 2.38. The molecule has 1 unspecified atom stereocenters. The molecule has 0 N–H and O–H groups in total. The quantitative estimate of drug-likeness (QED) is 0.745. The summed E-state index contributed by atoms with van der Waals surface area (Å²) in [4.78, 5) is 12.8. The summed E-state index contributed by atoms with van der Waals surface area (Å²) < 4.78 is 0. The van der Waals surface area contributed by atoms with Crippen molar-refractivity contribution < 1.29 is 4.79 Å². The molecule has 1 heteroatoms. The van der Waals surface area contributed by atoms with Gasteiger partial charge in [-0.25, -0.2) is 0 Å². The Hall–Kier alpha value is -1.89. The van der Waals surface area contributed by atoms with E-state index in [1.807, 2.05) is 18.2 Å². The van der Waals surface area contributed by atoms with Crippen LogP contribution in [0.5, 0.6) is 0 Å². The number of fused-ring (bicyclic) bond motifs is 1. The van der Waals surface area contributed by atoms with E-state index in [1.165, 1.54) is 11.1 Å². The second kappa shape index (κ2) is 4.34. The van der Waals surface area contributed by atoms with Crippen molar-refractivity contribution >= 4 is 5.78 Å². The molecule has 1 aliphatic rings. The first-order valence-corrected chi connectivity index (χ1v) is 6.81. The van der Waals surface area contributed by atoms with Crippen molar-refractivity contribution in [2.75, 3.05) is 0 Å². The highest BCUT2D eigenvalue weighted by molar-refractivity contribution is 6.05. The molecule has 0 amide bonds. The zero-order valence-electron chi connectivity index (χ0n) is 11.4. The minimum atomic E-state index is -0.373. The van der Waals surface area contributed by atoms with Crippen molar-refractivity contribution in [3.8, 4) is 0 Å². The van der Waals surface area contributed by atoms with Gasteiger partial charge in [-0.2, -0.15) is 0 Å². The van der Waals surface area contributed by atoms with Crippen LogP contribution in [0.3, 0.4) is 0 Å². The molecule has 1 aliphatic carbocycles. The molecule has 0 saturated carbocycles. The van der Waals surface area contributed by atoms with E-state index in [2.05, 4.69) is 44.2 Å². The van der Waals surface area contributed by atoms with Gasteiger partial charge in [0, 0.05) is 5.56 Å². The van der Waals surface area contributed by atoms with Crippen molar-refractivity contribution in [1.82, 2.24) is 0 Å². The monoisotopic (exact) mass is 250 g/mol. The van der Waals surface area contributed by atoms with Crippen LogP contribution < -0.4 is 0 Å². The molecule has 3 rings (SSSR count). The number of ketones is 1. The number of Topliss-reactive ketones (excluding diaryl/α,β-unsaturated/α-hetero) is 1. The Morgan fingerprint density at radius 1 is 1.00 bits per heavy atom. The highest BCUT2D eigenvalue weighted by Gasteiger charge is 2.39. The summed E-state index contributed by atoms with van der Waals surface area (Å²) in [5.41, 5.74) is 4.09. The fraction of sp³-hybridized carbons (Fsp3) is 0.278. The smallest absolute Gasteiger partial charge is 0.173 e. The van der Waals surface area contributed by atoms with E-state index in [-0.39, 0.29) is 11.2 Å². The Morgan fingerprint density at radius 3 is 2.42 bits per heavy atom. The Bertz CT molecular complexity index is 624. The molecular formula is C18H18O. The zero-order valence-corrected chi connectivity index (χ0v) is 11.4. The van der Waals surface area contributed by atoms with E-state index in [1.54, 1.807) is 0 Å². The molecule has 0 bridgehead atoms. The minimum Gasteiger partial charge on any atom is -0.293 e. The maximum absolute atomic E-state index is 12.8. The van der Waals surface area contributed by atoms with Crippen LogP contribution in [0, 0.1) is 6.92 Å². The normalized spacial score (nSPS) is 22.1. The van der Waals surface area contributed by atoms with Crippen LogP contribution in [-0.4, -0.2) is 5.78 Å². The number of hydrogen-bond acceptors (Lipinski definition) is 1. The van der Waals surface area contributed by atoms with Crippen molar-refractivity contribution in [3.63, 3.8) is 0 Å². The molecule has 2 aromatic rings. The third-order valence-electron chi connectivity index (χ3n) is 4.35. The van der Waals surface area contributed by atoms with Crippen LogP contribution >= 0.6 is 0 Å². The molecule has 0 aromatic heterocycles. The third-order valence-corrected chi connectivity index (χ3v) is 4.35. The van der Waals surface area contributed by atoms with Gasteiger partial charge in [-0.05, 0) is 37.8 Å². The minimum absolute atomic E-state index is 0.262. The summed E-state index contributed by atoms with van der Waals surface area (Å²) in [5.74, 6) is 0.262. The predicted molar refractivity (Wildman–Crippen MR) is 77.6 cm³/mol. The highest BCUT2D eigenvalue weighted by atomic mass is 16.1. The number of hydrogen-bond donors (Lipinski definition) is 0. The molecule has 0 spiro atoms. The average Bonchev–Trinajstić information content (AvgIpc) is 2.44. The Balaban J connectivity index is 2.07. The number of aryl methyl sites for hydroxylation is 2. The summed E-state index contributed by atoms with van der Waals surface area (Å²) in [6.07, 6.45) is 1.87. The van der Waals surface area contributed by atoms with Gasteiger partial charge in [-0.1, -0.05) is 54.1 Å². The second-order valence-corrected chi connectivity index (χ2v) is 5.68. The van der Waals surface area contributed by atoms with Gasteiger partial charge < -0.3 is 0 Å². The first kappa shape index (κ1) is 12.2. The molecule has 0 heterocycles. The molecule has 0 radical (unpaired) electrons. The molecule has 1 nitrogen and oxygen atoms in total. The fourth-order valence-electron chi connectivity index (χ4n) is 2.95. The Morgan fingerprint density at radius 2 is 1.68 bits per heavy atom. The van der Waals surface area contributed by atoms with Crippen LogP contribution in [0.25, 0.3) is 0 Å².